The molecule has 0 saturated heterocycles. The molecule has 0 amide bonds. The molecule has 0 radical (unpaired) electrons. The predicted molar refractivity (Wildman–Crippen MR) is 88.4 cm³/mol. The standard InChI is InChI=1S/C18H22BrFO/c1-11-7-8-13(14(19)9-11)18(2,3)16-10-12-5-4-6-15(20)17(12)21-16/h4-6,10-11,13-14H,7-9H2,1-3H3. The summed E-state index contributed by atoms with van der Waals surface area (Å²) in [5.74, 6) is 1.90. The Morgan fingerprint density at radius 3 is 2.71 bits per heavy atom. The smallest absolute Gasteiger partial charge is 0.169 e. The zero-order chi connectivity index (χ0) is 15.2. The normalized spacial score (nSPS) is 27.2. The van der Waals surface area contributed by atoms with Crippen LogP contribution in [0.2, 0.25) is 0 Å². The minimum absolute atomic E-state index is 0.0975. The highest BCUT2D eigenvalue weighted by molar-refractivity contribution is 9.09. The van der Waals surface area contributed by atoms with Crippen molar-refractivity contribution < 1.29 is 8.81 Å². The van der Waals surface area contributed by atoms with Gasteiger partial charge < -0.3 is 4.42 Å². The van der Waals surface area contributed by atoms with Crippen LogP contribution in [-0.2, 0) is 5.41 Å². The van der Waals surface area contributed by atoms with E-state index in [-0.39, 0.29) is 11.2 Å². The fraction of sp³-hybridized carbons (Fsp3) is 0.556. The van der Waals surface area contributed by atoms with Gasteiger partial charge in [0, 0.05) is 15.6 Å². The van der Waals surface area contributed by atoms with Gasteiger partial charge >= 0.3 is 0 Å². The van der Waals surface area contributed by atoms with Crippen molar-refractivity contribution in [3.05, 3.63) is 35.8 Å². The van der Waals surface area contributed by atoms with Gasteiger partial charge in [-0.3, -0.25) is 0 Å². The highest BCUT2D eigenvalue weighted by atomic mass is 79.9. The molecule has 1 nitrogen and oxygen atoms in total. The molecule has 3 rings (SSSR count). The van der Waals surface area contributed by atoms with Crippen LogP contribution in [0, 0.1) is 17.7 Å². The van der Waals surface area contributed by atoms with E-state index < -0.39 is 0 Å². The van der Waals surface area contributed by atoms with Crippen molar-refractivity contribution in [2.24, 2.45) is 11.8 Å². The summed E-state index contributed by atoms with van der Waals surface area (Å²) in [5, 5.41) is 0.855. The largest absolute Gasteiger partial charge is 0.457 e. The molecule has 0 spiro atoms. The summed E-state index contributed by atoms with van der Waals surface area (Å²) < 4.78 is 19.8. The van der Waals surface area contributed by atoms with Crippen LogP contribution < -0.4 is 0 Å². The van der Waals surface area contributed by atoms with Crippen LogP contribution >= 0.6 is 15.9 Å². The van der Waals surface area contributed by atoms with Crippen LogP contribution in [0.1, 0.15) is 45.8 Å². The number of fused-ring (bicyclic) bond motifs is 1. The second kappa shape index (κ2) is 5.42. The molecule has 2 aromatic rings. The first kappa shape index (κ1) is 15.1. The van der Waals surface area contributed by atoms with Crippen LogP contribution in [0.3, 0.4) is 0 Å². The first-order valence-electron chi connectivity index (χ1n) is 7.72. The maximum absolute atomic E-state index is 13.9. The zero-order valence-corrected chi connectivity index (χ0v) is 14.4. The lowest BCUT2D eigenvalue weighted by molar-refractivity contribution is 0.192. The third-order valence-corrected chi connectivity index (χ3v) is 6.10. The molecule has 1 aromatic heterocycles. The summed E-state index contributed by atoms with van der Waals surface area (Å²) in [7, 11) is 0. The molecule has 1 saturated carbocycles. The topological polar surface area (TPSA) is 13.1 Å². The number of hydrogen-bond acceptors (Lipinski definition) is 1. The Morgan fingerprint density at radius 2 is 2.05 bits per heavy atom. The fourth-order valence-electron chi connectivity index (χ4n) is 3.65. The van der Waals surface area contributed by atoms with Crippen molar-refractivity contribution in [1.29, 1.82) is 0 Å². The van der Waals surface area contributed by atoms with Gasteiger partial charge in [0.1, 0.15) is 5.76 Å². The lowest BCUT2D eigenvalue weighted by atomic mass is 9.68. The van der Waals surface area contributed by atoms with E-state index in [1.807, 2.05) is 12.1 Å². The first-order chi connectivity index (χ1) is 9.89. The molecule has 3 unspecified atom stereocenters. The molecule has 0 aliphatic heterocycles. The van der Waals surface area contributed by atoms with Gasteiger partial charge in [0.2, 0.25) is 0 Å². The molecular weight excluding hydrogens is 331 g/mol. The van der Waals surface area contributed by atoms with Gasteiger partial charge in [-0.15, -0.1) is 0 Å². The second-order valence-electron chi connectivity index (χ2n) is 7.03. The van der Waals surface area contributed by atoms with Gasteiger partial charge in [0.15, 0.2) is 11.4 Å². The summed E-state index contributed by atoms with van der Waals surface area (Å²) in [6.45, 7) is 6.75. The molecule has 1 aliphatic carbocycles. The Bertz CT molecular complexity index is 646. The summed E-state index contributed by atoms with van der Waals surface area (Å²) >= 11 is 3.87. The second-order valence-corrected chi connectivity index (χ2v) is 8.21. The van der Waals surface area contributed by atoms with E-state index >= 15 is 0 Å². The average molecular weight is 353 g/mol. The minimum Gasteiger partial charge on any atom is -0.457 e. The predicted octanol–water partition coefficient (Wildman–Crippen LogP) is 6.05. The lowest BCUT2D eigenvalue weighted by Crippen LogP contribution is -2.38. The number of benzene rings is 1. The van der Waals surface area contributed by atoms with Crippen LogP contribution in [0.15, 0.2) is 28.7 Å². The van der Waals surface area contributed by atoms with Crippen molar-refractivity contribution in [2.45, 2.75) is 50.3 Å². The molecule has 1 heterocycles. The number of halogens is 2. The van der Waals surface area contributed by atoms with Crippen molar-refractivity contribution >= 4 is 26.9 Å². The molecule has 0 N–H and O–H groups in total. The number of para-hydroxylation sites is 1. The van der Waals surface area contributed by atoms with E-state index in [4.69, 9.17) is 4.42 Å². The average Bonchev–Trinajstić information content (AvgIpc) is 2.84. The van der Waals surface area contributed by atoms with E-state index in [9.17, 15) is 4.39 Å². The Morgan fingerprint density at radius 1 is 1.29 bits per heavy atom. The molecule has 1 aromatic carbocycles. The number of rotatable bonds is 2. The molecule has 3 atom stereocenters. The minimum atomic E-state index is -0.276. The van der Waals surface area contributed by atoms with Gasteiger partial charge in [-0.05, 0) is 36.8 Å². The zero-order valence-electron chi connectivity index (χ0n) is 12.8. The SMILES string of the molecule is CC1CCC(C(C)(C)c2cc3cccc(F)c3o2)C(Br)C1. The van der Waals surface area contributed by atoms with Crippen molar-refractivity contribution in [3.63, 3.8) is 0 Å². The van der Waals surface area contributed by atoms with Gasteiger partial charge in [0.25, 0.3) is 0 Å². The van der Waals surface area contributed by atoms with Gasteiger partial charge in [-0.1, -0.05) is 55.3 Å². The van der Waals surface area contributed by atoms with E-state index in [1.54, 1.807) is 6.07 Å². The van der Waals surface area contributed by atoms with Crippen LogP contribution in [-0.4, -0.2) is 4.83 Å². The van der Waals surface area contributed by atoms with E-state index in [0.29, 0.717) is 16.3 Å². The monoisotopic (exact) mass is 352 g/mol. The molecule has 1 aliphatic rings. The number of hydrogen-bond donors (Lipinski definition) is 0. The summed E-state index contributed by atoms with van der Waals surface area (Å²) in [6.07, 6.45) is 3.64. The maximum atomic E-state index is 13.9. The first-order valence-corrected chi connectivity index (χ1v) is 8.63. The molecule has 1 fully saturated rings. The molecule has 21 heavy (non-hydrogen) atoms. The van der Waals surface area contributed by atoms with E-state index in [2.05, 4.69) is 36.7 Å². The van der Waals surface area contributed by atoms with Gasteiger partial charge in [0.05, 0.1) is 0 Å². The van der Waals surface area contributed by atoms with E-state index in [1.165, 1.54) is 25.3 Å². The highest BCUT2D eigenvalue weighted by Crippen LogP contribution is 2.46. The Kier molecular flexibility index (Phi) is 3.89. The van der Waals surface area contributed by atoms with Crippen molar-refractivity contribution in [1.82, 2.24) is 0 Å². The van der Waals surface area contributed by atoms with Crippen molar-refractivity contribution in [2.75, 3.05) is 0 Å². The maximum Gasteiger partial charge on any atom is 0.169 e. The summed E-state index contributed by atoms with van der Waals surface area (Å²) in [6, 6.07) is 7.12. The van der Waals surface area contributed by atoms with Crippen LogP contribution in [0.25, 0.3) is 11.0 Å². The van der Waals surface area contributed by atoms with Crippen LogP contribution in [0.5, 0.6) is 0 Å². The Labute approximate surface area is 134 Å². The third-order valence-electron chi connectivity index (χ3n) is 5.09. The van der Waals surface area contributed by atoms with Gasteiger partial charge in [-0.2, -0.15) is 0 Å². The molecule has 3 heteroatoms. The third kappa shape index (κ3) is 2.65. The molecular formula is C18H22BrFO. The Hall–Kier alpha value is -0.830. The van der Waals surface area contributed by atoms with Crippen LogP contribution in [0.4, 0.5) is 4.39 Å². The Balaban J connectivity index is 1.97. The number of furan rings is 1. The van der Waals surface area contributed by atoms with Gasteiger partial charge in [-0.25, -0.2) is 4.39 Å². The van der Waals surface area contributed by atoms with E-state index in [0.717, 1.165) is 17.1 Å². The summed E-state index contributed by atoms with van der Waals surface area (Å²) in [5.41, 5.74) is 0.288. The number of alkyl halides is 1. The highest BCUT2D eigenvalue weighted by Gasteiger charge is 2.41. The molecule has 114 valence electrons. The molecule has 0 bridgehead atoms. The van der Waals surface area contributed by atoms with Crippen molar-refractivity contribution in [3.8, 4) is 0 Å². The quantitative estimate of drug-likeness (QED) is 0.599. The lowest BCUT2D eigenvalue weighted by Gasteiger charge is -2.40. The fourth-order valence-corrected chi connectivity index (χ4v) is 5.22. The summed E-state index contributed by atoms with van der Waals surface area (Å²) in [4.78, 5) is 0.495.